The molecule has 1 aromatic carbocycles. The number of carbonyl (C=O) groups is 1. The molecule has 0 aliphatic carbocycles. The van der Waals surface area contributed by atoms with Crippen LogP contribution in [0.2, 0.25) is 0 Å². The highest BCUT2D eigenvalue weighted by atomic mass is 79.9. The van der Waals surface area contributed by atoms with Gasteiger partial charge in [-0.15, -0.1) is 4.72 Å². The van der Waals surface area contributed by atoms with Crippen molar-refractivity contribution in [3.8, 4) is 0 Å². The van der Waals surface area contributed by atoms with Gasteiger partial charge in [0.25, 0.3) is 0 Å². The molecule has 0 heterocycles. The molecule has 0 saturated carbocycles. The van der Waals surface area contributed by atoms with Crippen LogP contribution in [0.25, 0.3) is 0 Å². The van der Waals surface area contributed by atoms with Crippen molar-refractivity contribution in [3.63, 3.8) is 0 Å². The normalized spacial score (nSPS) is 15.8. The average Bonchev–Trinajstić information content (AvgIpc) is 2.45. The minimum Gasteiger partial charge on any atom is -0.598 e. The maximum absolute atomic E-state index is 14.5. The first kappa shape index (κ1) is 20.3. The van der Waals surface area contributed by atoms with Gasteiger partial charge in [-0.05, 0) is 45.9 Å². The average molecular weight is 412 g/mol. The third-order valence-corrected chi connectivity index (χ3v) is 4.96. The zero-order valence-electron chi connectivity index (χ0n) is 13.4. The van der Waals surface area contributed by atoms with Crippen LogP contribution >= 0.6 is 15.9 Å². The Morgan fingerprint density at radius 2 is 2.09 bits per heavy atom. The van der Waals surface area contributed by atoms with E-state index in [2.05, 4.69) is 25.4 Å². The van der Waals surface area contributed by atoms with Crippen LogP contribution in [0.5, 0.6) is 0 Å². The molecule has 23 heavy (non-hydrogen) atoms. The van der Waals surface area contributed by atoms with Crippen LogP contribution in [-0.2, 0) is 20.9 Å². The van der Waals surface area contributed by atoms with E-state index in [1.54, 1.807) is 27.7 Å². The van der Waals surface area contributed by atoms with Crippen LogP contribution in [0.3, 0.4) is 0 Å². The summed E-state index contributed by atoms with van der Waals surface area (Å²) >= 11 is 1.47. The zero-order chi connectivity index (χ0) is 17.8. The van der Waals surface area contributed by atoms with Crippen LogP contribution in [0, 0.1) is 5.82 Å². The van der Waals surface area contributed by atoms with Gasteiger partial charge in [0.05, 0.1) is 6.61 Å². The fourth-order valence-electron chi connectivity index (χ4n) is 1.68. The van der Waals surface area contributed by atoms with Gasteiger partial charge in [-0.3, -0.25) is 0 Å². The fourth-order valence-corrected chi connectivity index (χ4v) is 2.89. The van der Waals surface area contributed by atoms with E-state index in [1.165, 1.54) is 12.1 Å². The van der Waals surface area contributed by atoms with E-state index < -0.39 is 40.1 Å². The molecule has 0 amide bonds. The molecule has 8 heteroatoms. The van der Waals surface area contributed by atoms with Crippen LogP contribution in [0.1, 0.15) is 39.3 Å². The molecule has 0 saturated heterocycles. The van der Waals surface area contributed by atoms with Gasteiger partial charge in [0.2, 0.25) is 6.17 Å². The van der Waals surface area contributed by atoms with Crippen molar-refractivity contribution in [2.24, 2.45) is 0 Å². The molecule has 0 radical (unpaired) electrons. The van der Waals surface area contributed by atoms with E-state index in [0.717, 1.165) is 6.07 Å². The molecule has 0 fully saturated rings. The number of carbonyl (C=O) groups excluding carboxylic acids is 1. The number of esters is 1. The lowest BCUT2D eigenvalue weighted by atomic mass is 10.0. The van der Waals surface area contributed by atoms with Crippen molar-refractivity contribution < 1.29 is 22.9 Å². The molecule has 130 valence electrons. The maximum Gasteiger partial charge on any atom is 0.342 e. The van der Waals surface area contributed by atoms with Crippen molar-refractivity contribution in [2.75, 3.05) is 6.61 Å². The van der Waals surface area contributed by atoms with Gasteiger partial charge >= 0.3 is 5.97 Å². The van der Waals surface area contributed by atoms with E-state index in [0.29, 0.717) is 4.47 Å². The first-order chi connectivity index (χ1) is 10.6. The lowest BCUT2D eigenvalue weighted by Gasteiger charge is -2.29. The van der Waals surface area contributed by atoms with Gasteiger partial charge in [-0.1, -0.05) is 15.9 Å². The largest absolute Gasteiger partial charge is 0.598 e. The number of ether oxygens (including phenoxy) is 1. The molecule has 1 N–H and O–H groups in total. The number of benzene rings is 1. The summed E-state index contributed by atoms with van der Waals surface area (Å²) in [5.41, 5.74) is -0.0995. The second-order valence-electron chi connectivity index (χ2n) is 5.80. The third kappa shape index (κ3) is 5.70. The second-order valence-corrected chi connectivity index (χ2v) is 8.71. The minimum atomic E-state index is -2.19. The van der Waals surface area contributed by atoms with E-state index in [4.69, 9.17) is 0 Å². The molecule has 1 aromatic rings. The molecule has 0 aliphatic heterocycles. The Hall–Kier alpha value is -0.700. The summed E-state index contributed by atoms with van der Waals surface area (Å²) in [6.07, 6.45) is -2.19. The number of rotatable bonds is 6. The molecule has 0 aliphatic rings. The van der Waals surface area contributed by atoms with Gasteiger partial charge in [-0.2, -0.15) is 0 Å². The smallest absolute Gasteiger partial charge is 0.342 e. The van der Waals surface area contributed by atoms with Crippen LogP contribution < -0.4 is 4.72 Å². The molecule has 4 nitrogen and oxygen atoms in total. The number of hydrogen-bond acceptors (Lipinski definition) is 4. The van der Waals surface area contributed by atoms with E-state index in [1.807, 2.05) is 0 Å². The molecule has 1 rings (SSSR count). The summed E-state index contributed by atoms with van der Waals surface area (Å²) in [7, 11) is 0. The number of alkyl halides is 1. The fraction of sp³-hybridized carbons (Fsp3) is 0.533. The van der Waals surface area contributed by atoms with Crippen LogP contribution in [0.4, 0.5) is 8.78 Å². The Labute approximate surface area is 146 Å². The van der Waals surface area contributed by atoms with Crippen molar-refractivity contribution >= 4 is 33.3 Å². The first-order valence-electron chi connectivity index (χ1n) is 7.01. The summed E-state index contributed by atoms with van der Waals surface area (Å²) in [4.78, 5) is 11.7. The Morgan fingerprint density at radius 1 is 1.48 bits per heavy atom. The molecular formula is C15H20BrF2NO3S. The van der Waals surface area contributed by atoms with E-state index >= 15 is 0 Å². The Kier molecular flexibility index (Phi) is 7.44. The standard InChI is InChI=1S/C15H20BrF2NO3S/c1-5-22-14(20)12(18)13(19-23(21)15(2,3)4)10-8-9(16)6-7-11(10)17/h6-8,12-13,19H,5H2,1-4H3/t12-,13+,23?/m1/s1. The Balaban J connectivity index is 3.20. The number of nitrogens with one attached hydrogen (secondary N) is 1. The third-order valence-electron chi connectivity index (χ3n) is 2.89. The number of halogens is 3. The molecule has 3 atom stereocenters. The lowest BCUT2D eigenvalue weighted by molar-refractivity contribution is -0.150. The Bertz CT molecular complexity index is 554. The van der Waals surface area contributed by atoms with Crippen molar-refractivity contribution in [3.05, 3.63) is 34.1 Å². The van der Waals surface area contributed by atoms with Crippen molar-refractivity contribution in [1.29, 1.82) is 0 Å². The van der Waals surface area contributed by atoms with Gasteiger partial charge in [0, 0.05) is 21.4 Å². The number of hydrogen-bond donors (Lipinski definition) is 1. The molecular weight excluding hydrogens is 392 g/mol. The molecule has 0 spiro atoms. The van der Waals surface area contributed by atoms with Crippen LogP contribution in [0.15, 0.2) is 22.7 Å². The summed E-state index contributed by atoms with van der Waals surface area (Å²) < 4.78 is 47.9. The SMILES string of the molecule is CCOC(=O)[C@H](F)[C@@H](N[S+]([O-])C(C)(C)C)c1cc(Br)ccc1F. The highest BCUT2D eigenvalue weighted by Gasteiger charge is 2.39. The maximum atomic E-state index is 14.5. The lowest BCUT2D eigenvalue weighted by Crippen LogP contribution is -2.46. The summed E-state index contributed by atoms with van der Waals surface area (Å²) in [5.74, 6) is -1.83. The van der Waals surface area contributed by atoms with Crippen molar-refractivity contribution in [1.82, 2.24) is 4.72 Å². The van der Waals surface area contributed by atoms with Gasteiger partial charge in [-0.25, -0.2) is 13.6 Å². The Morgan fingerprint density at radius 3 is 2.61 bits per heavy atom. The predicted molar refractivity (Wildman–Crippen MR) is 89.4 cm³/mol. The van der Waals surface area contributed by atoms with Gasteiger partial charge < -0.3 is 9.29 Å². The quantitative estimate of drug-likeness (QED) is 0.573. The minimum absolute atomic E-state index is 0.00466. The van der Waals surface area contributed by atoms with E-state index in [-0.39, 0.29) is 12.2 Å². The summed E-state index contributed by atoms with van der Waals surface area (Å²) in [6.45, 7) is 6.58. The zero-order valence-corrected chi connectivity index (χ0v) is 15.8. The predicted octanol–water partition coefficient (Wildman–Crippen LogP) is 3.58. The summed E-state index contributed by atoms with van der Waals surface area (Å²) in [6, 6.07) is 2.52. The van der Waals surface area contributed by atoms with E-state index in [9.17, 15) is 18.1 Å². The topological polar surface area (TPSA) is 61.4 Å². The second kappa shape index (κ2) is 8.41. The first-order valence-corrected chi connectivity index (χ1v) is 8.96. The molecule has 1 unspecified atom stereocenters. The monoisotopic (exact) mass is 411 g/mol. The van der Waals surface area contributed by atoms with Gasteiger partial charge in [0.1, 0.15) is 16.6 Å². The van der Waals surface area contributed by atoms with Gasteiger partial charge in [0.15, 0.2) is 0 Å². The highest BCUT2D eigenvalue weighted by molar-refractivity contribution is 9.10. The van der Waals surface area contributed by atoms with Crippen LogP contribution in [-0.4, -0.2) is 28.0 Å². The highest BCUT2D eigenvalue weighted by Crippen LogP contribution is 2.29. The molecule has 0 aromatic heterocycles. The molecule has 0 bridgehead atoms. The summed E-state index contributed by atoms with van der Waals surface area (Å²) in [5, 5.41) is 0. The van der Waals surface area contributed by atoms with Crippen molar-refractivity contribution in [2.45, 2.75) is 44.7 Å².